The summed E-state index contributed by atoms with van der Waals surface area (Å²) in [7, 11) is 0. The second kappa shape index (κ2) is 4.98. The van der Waals surface area contributed by atoms with Gasteiger partial charge in [-0.2, -0.15) is 0 Å². The first-order valence-corrected chi connectivity index (χ1v) is 6.19. The Labute approximate surface area is 98.4 Å². The number of nitrogens with two attached hydrogens (primary N) is 1. The standard InChI is InChI=1S/C14H22N2/c1-11-8-16(9-12(11)2)10-14-5-3-4-13(6-14)7-15/h3-6,11-12H,7-10,15H2,1-2H3. The van der Waals surface area contributed by atoms with E-state index in [1.54, 1.807) is 0 Å². The molecule has 0 bridgehead atoms. The van der Waals surface area contributed by atoms with Gasteiger partial charge in [0.2, 0.25) is 0 Å². The normalized spacial score (nSPS) is 26.2. The van der Waals surface area contributed by atoms with Crippen LogP contribution in [0.5, 0.6) is 0 Å². The highest BCUT2D eigenvalue weighted by Gasteiger charge is 2.25. The van der Waals surface area contributed by atoms with E-state index in [0.29, 0.717) is 6.54 Å². The van der Waals surface area contributed by atoms with Crippen LogP contribution in [0.15, 0.2) is 24.3 Å². The molecule has 0 aromatic heterocycles. The first-order chi connectivity index (χ1) is 7.69. The minimum atomic E-state index is 0.640. The molecule has 1 aliphatic rings. The van der Waals surface area contributed by atoms with Gasteiger partial charge in [-0.05, 0) is 23.0 Å². The Kier molecular flexibility index (Phi) is 3.62. The van der Waals surface area contributed by atoms with Crippen molar-refractivity contribution in [1.82, 2.24) is 4.90 Å². The van der Waals surface area contributed by atoms with Crippen molar-refractivity contribution in [2.45, 2.75) is 26.9 Å². The minimum absolute atomic E-state index is 0.640. The number of rotatable bonds is 3. The van der Waals surface area contributed by atoms with Crippen molar-refractivity contribution in [2.24, 2.45) is 17.6 Å². The number of nitrogens with zero attached hydrogens (tertiary/aromatic N) is 1. The Bertz CT molecular complexity index is 338. The van der Waals surface area contributed by atoms with Crippen LogP contribution in [0.1, 0.15) is 25.0 Å². The molecule has 0 spiro atoms. The van der Waals surface area contributed by atoms with Crippen molar-refractivity contribution in [1.29, 1.82) is 0 Å². The van der Waals surface area contributed by atoms with Crippen molar-refractivity contribution in [2.75, 3.05) is 13.1 Å². The van der Waals surface area contributed by atoms with E-state index < -0.39 is 0 Å². The summed E-state index contributed by atoms with van der Waals surface area (Å²) in [5, 5.41) is 0. The summed E-state index contributed by atoms with van der Waals surface area (Å²) < 4.78 is 0. The number of hydrogen-bond acceptors (Lipinski definition) is 2. The summed E-state index contributed by atoms with van der Waals surface area (Å²) in [6, 6.07) is 8.64. The summed E-state index contributed by atoms with van der Waals surface area (Å²) in [6.45, 7) is 8.87. The van der Waals surface area contributed by atoms with E-state index >= 15 is 0 Å². The molecule has 1 fully saturated rings. The highest BCUT2D eigenvalue weighted by Crippen LogP contribution is 2.23. The van der Waals surface area contributed by atoms with E-state index in [9.17, 15) is 0 Å². The lowest BCUT2D eigenvalue weighted by molar-refractivity contribution is 0.316. The van der Waals surface area contributed by atoms with E-state index in [4.69, 9.17) is 5.73 Å². The van der Waals surface area contributed by atoms with Crippen LogP contribution in [-0.2, 0) is 13.1 Å². The molecule has 0 saturated carbocycles. The smallest absolute Gasteiger partial charge is 0.0234 e. The summed E-state index contributed by atoms with van der Waals surface area (Å²) in [5.41, 5.74) is 8.28. The maximum absolute atomic E-state index is 5.66. The highest BCUT2D eigenvalue weighted by molar-refractivity contribution is 5.23. The molecule has 2 N–H and O–H groups in total. The first kappa shape index (κ1) is 11.6. The van der Waals surface area contributed by atoms with Crippen LogP contribution in [0.25, 0.3) is 0 Å². The summed E-state index contributed by atoms with van der Waals surface area (Å²) in [5.74, 6) is 1.66. The summed E-state index contributed by atoms with van der Waals surface area (Å²) in [4.78, 5) is 2.55. The second-order valence-corrected chi connectivity index (χ2v) is 5.17. The van der Waals surface area contributed by atoms with Crippen LogP contribution in [0, 0.1) is 11.8 Å². The molecule has 0 radical (unpaired) electrons. The molecular formula is C14H22N2. The lowest BCUT2D eigenvalue weighted by atomic mass is 10.0. The van der Waals surface area contributed by atoms with Crippen molar-refractivity contribution in [3.05, 3.63) is 35.4 Å². The zero-order chi connectivity index (χ0) is 11.5. The fourth-order valence-electron chi connectivity index (χ4n) is 2.49. The molecular weight excluding hydrogens is 196 g/mol. The lowest BCUT2D eigenvalue weighted by Crippen LogP contribution is -2.20. The van der Waals surface area contributed by atoms with E-state index in [1.165, 1.54) is 24.2 Å². The maximum Gasteiger partial charge on any atom is 0.0234 e. The number of hydrogen-bond donors (Lipinski definition) is 1. The molecule has 1 aliphatic heterocycles. The van der Waals surface area contributed by atoms with Crippen LogP contribution >= 0.6 is 0 Å². The maximum atomic E-state index is 5.66. The van der Waals surface area contributed by atoms with Crippen LogP contribution < -0.4 is 5.73 Å². The Morgan fingerprint density at radius 1 is 1.19 bits per heavy atom. The fraction of sp³-hybridized carbons (Fsp3) is 0.571. The first-order valence-electron chi connectivity index (χ1n) is 6.19. The Morgan fingerprint density at radius 3 is 2.44 bits per heavy atom. The minimum Gasteiger partial charge on any atom is -0.326 e. The molecule has 1 heterocycles. The Balaban J connectivity index is 1.99. The highest BCUT2D eigenvalue weighted by atomic mass is 15.1. The lowest BCUT2D eigenvalue weighted by Gasteiger charge is -2.15. The molecule has 2 unspecified atom stereocenters. The molecule has 0 amide bonds. The van der Waals surface area contributed by atoms with Gasteiger partial charge in [-0.1, -0.05) is 38.1 Å². The van der Waals surface area contributed by atoms with Gasteiger partial charge in [0.15, 0.2) is 0 Å². The van der Waals surface area contributed by atoms with Gasteiger partial charge >= 0.3 is 0 Å². The van der Waals surface area contributed by atoms with Crippen molar-refractivity contribution >= 4 is 0 Å². The second-order valence-electron chi connectivity index (χ2n) is 5.17. The Morgan fingerprint density at radius 2 is 1.81 bits per heavy atom. The number of benzene rings is 1. The molecule has 2 atom stereocenters. The van der Waals surface area contributed by atoms with Crippen LogP contribution in [-0.4, -0.2) is 18.0 Å². The fourth-order valence-corrected chi connectivity index (χ4v) is 2.49. The predicted octanol–water partition coefficient (Wildman–Crippen LogP) is 2.23. The largest absolute Gasteiger partial charge is 0.326 e. The monoisotopic (exact) mass is 218 g/mol. The van der Waals surface area contributed by atoms with E-state index in [-0.39, 0.29) is 0 Å². The quantitative estimate of drug-likeness (QED) is 0.843. The van der Waals surface area contributed by atoms with E-state index in [0.717, 1.165) is 18.4 Å². The summed E-state index contributed by atoms with van der Waals surface area (Å²) >= 11 is 0. The molecule has 16 heavy (non-hydrogen) atoms. The zero-order valence-corrected chi connectivity index (χ0v) is 10.3. The molecule has 1 aromatic rings. The molecule has 0 aliphatic carbocycles. The predicted molar refractivity (Wildman–Crippen MR) is 67.9 cm³/mol. The van der Waals surface area contributed by atoms with Crippen LogP contribution in [0.3, 0.4) is 0 Å². The van der Waals surface area contributed by atoms with Crippen molar-refractivity contribution < 1.29 is 0 Å². The van der Waals surface area contributed by atoms with E-state index in [1.807, 2.05) is 0 Å². The number of likely N-dealkylation sites (tertiary alicyclic amines) is 1. The van der Waals surface area contributed by atoms with Crippen molar-refractivity contribution in [3.8, 4) is 0 Å². The van der Waals surface area contributed by atoms with Gasteiger partial charge in [0.1, 0.15) is 0 Å². The van der Waals surface area contributed by atoms with Crippen LogP contribution in [0.4, 0.5) is 0 Å². The van der Waals surface area contributed by atoms with Gasteiger partial charge in [-0.3, -0.25) is 4.90 Å². The third-order valence-corrected chi connectivity index (χ3v) is 3.70. The van der Waals surface area contributed by atoms with Gasteiger partial charge in [0.25, 0.3) is 0 Å². The third kappa shape index (κ3) is 2.63. The third-order valence-electron chi connectivity index (χ3n) is 3.70. The summed E-state index contributed by atoms with van der Waals surface area (Å²) in [6.07, 6.45) is 0. The van der Waals surface area contributed by atoms with Crippen LogP contribution in [0.2, 0.25) is 0 Å². The van der Waals surface area contributed by atoms with Crippen molar-refractivity contribution in [3.63, 3.8) is 0 Å². The van der Waals surface area contributed by atoms with Gasteiger partial charge in [-0.25, -0.2) is 0 Å². The Hall–Kier alpha value is -0.860. The zero-order valence-electron chi connectivity index (χ0n) is 10.3. The molecule has 2 rings (SSSR count). The topological polar surface area (TPSA) is 29.3 Å². The molecule has 2 nitrogen and oxygen atoms in total. The van der Waals surface area contributed by atoms with Gasteiger partial charge in [0, 0.05) is 26.2 Å². The van der Waals surface area contributed by atoms with E-state index in [2.05, 4.69) is 43.0 Å². The van der Waals surface area contributed by atoms with Gasteiger partial charge in [0.05, 0.1) is 0 Å². The molecule has 1 aromatic carbocycles. The molecule has 1 saturated heterocycles. The average Bonchev–Trinajstić information content (AvgIpc) is 2.58. The molecule has 88 valence electrons. The van der Waals surface area contributed by atoms with Gasteiger partial charge < -0.3 is 5.73 Å². The SMILES string of the molecule is CC1CN(Cc2cccc(CN)c2)CC1C. The van der Waals surface area contributed by atoms with Gasteiger partial charge in [-0.15, -0.1) is 0 Å². The molecule has 2 heteroatoms. The average molecular weight is 218 g/mol.